The lowest BCUT2D eigenvalue weighted by molar-refractivity contribution is -0.216. The van der Waals surface area contributed by atoms with Gasteiger partial charge in [0.1, 0.15) is 43.2 Å². The summed E-state index contributed by atoms with van der Waals surface area (Å²) in [7, 11) is -10.7. The predicted octanol–water partition coefficient (Wildman–Crippen LogP) is 8.14. The van der Waals surface area contributed by atoms with E-state index in [1.54, 1.807) is 6.08 Å². The molecule has 19 heteroatoms. The Kier molecular flexibility index (Phi) is 35.7. The number of ether oxygens (including phenoxy) is 2. The summed E-state index contributed by atoms with van der Waals surface area (Å²) in [4.78, 5) is 54.3. The molecule has 0 amide bonds. The molecular formula is C49H80O17P2. The van der Waals surface area contributed by atoms with Gasteiger partial charge in [-0.3, -0.25) is 23.2 Å². The number of hydrogen-bond acceptors (Lipinski definition) is 14. The van der Waals surface area contributed by atoms with Crippen LogP contribution in [0.5, 0.6) is 0 Å². The van der Waals surface area contributed by atoms with E-state index in [0.29, 0.717) is 32.1 Å². The summed E-state index contributed by atoms with van der Waals surface area (Å²) < 4.78 is 49.2. The summed E-state index contributed by atoms with van der Waals surface area (Å²) in [5.74, 6) is -1.39. The lowest BCUT2D eigenvalue weighted by atomic mass is 9.85. The SMILES string of the molecule is CC/C=C/C/C=C/C=C/C(O)CCCCCCCC(=O)O[C@H](COC(=O)CC/C=C\C/C=C\C/C=C\C/C=C\C/C=C\CCCCC)COP(=O)(O)O[C@H]1C(O)C(O)C(O)[C@@H](OP(=O)(O)O)C1O. The van der Waals surface area contributed by atoms with Crippen LogP contribution in [0.3, 0.4) is 0 Å². The second-order valence-corrected chi connectivity index (χ2v) is 18.9. The molecule has 0 aromatic carbocycles. The molecule has 0 aromatic heterocycles. The van der Waals surface area contributed by atoms with Crippen LogP contribution in [-0.2, 0) is 41.8 Å². The minimum Gasteiger partial charge on any atom is -0.462 e. The molecule has 0 spiro atoms. The summed E-state index contributed by atoms with van der Waals surface area (Å²) in [5.41, 5.74) is 0. The summed E-state index contributed by atoms with van der Waals surface area (Å²) in [6, 6.07) is 0. The third-order valence-electron chi connectivity index (χ3n) is 10.3. The van der Waals surface area contributed by atoms with Gasteiger partial charge in [0.2, 0.25) is 0 Å². The molecule has 9 atom stereocenters. The fourth-order valence-electron chi connectivity index (χ4n) is 6.54. The van der Waals surface area contributed by atoms with Crippen molar-refractivity contribution in [1.29, 1.82) is 0 Å². The Hall–Kier alpha value is -3.12. The number of carbonyl (C=O) groups is 2. The Bertz CT molecular complexity index is 1700. The maximum absolute atomic E-state index is 13.0. The number of phosphoric acid groups is 2. The molecule has 0 aromatic rings. The molecule has 1 aliphatic rings. The monoisotopic (exact) mass is 1000 g/mol. The molecule has 0 radical (unpaired) electrons. The first kappa shape index (κ1) is 62.9. The van der Waals surface area contributed by atoms with Crippen LogP contribution in [0.25, 0.3) is 0 Å². The van der Waals surface area contributed by atoms with Crippen LogP contribution in [0.15, 0.2) is 97.2 Å². The van der Waals surface area contributed by atoms with E-state index in [0.717, 1.165) is 57.8 Å². The first-order chi connectivity index (χ1) is 32.5. The van der Waals surface area contributed by atoms with Crippen molar-refractivity contribution in [1.82, 2.24) is 0 Å². The van der Waals surface area contributed by atoms with Crippen LogP contribution in [0.1, 0.15) is 136 Å². The Morgan fingerprint density at radius 3 is 1.71 bits per heavy atom. The van der Waals surface area contributed by atoms with E-state index < -0.39 is 89.6 Å². The number of carbonyl (C=O) groups excluding carboxylic acids is 2. The molecule has 6 unspecified atom stereocenters. The fraction of sp³-hybridized carbons (Fsp3) is 0.633. The molecule has 1 fully saturated rings. The zero-order chi connectivity index (χ0) is 50.5. The molecule has 1 saturated carbocycles. The van der Waals surface area contributed by atoms with E-state index in [9.17, 15) is 58.9 Å². The number of aliphatic hydroxyl groups excluding tert-OH is 5. The van der Waals surface area contributed by atoms with Crippen molar-refractivity contribution in [2.45, 2.75) is 185 Å². The number of allylic oxidation sites excluding steroid dienone is 15. The van der Waals surface area contributed by atoms with Gasteiger partial charge in [-0.2, -0.15) is 0 Å². The van der Waals surface area contributed by atoms with Crippen molar-refractivity contribution in [3.05, 3.63) is 97.2 Å². The lowest BCUT2D eigenvalue weighted by Gasteiger charge is -2.43. The Balaban J connectivity index is 2.68. The van der Waals surface area contributed by atoms with E-state index >= 15 is 0 Å². The Morgan fingerprint density at radius 2 is 1.10 bits per heavy atom. The highest BCUT2D eigenvalue weighted by molar-refractivity contribution is 7.47. The summed E-state index contributed by atoms with van der Waals surface area (Å²) in [6.45, 7) is 2.79. The first-order valence-electron chi connectivity index (χ1n) is 23.9. The van der Waals surface area contributed by atoms with Gasteiger partial charge in [0.25, 0.3) is 0 Å². The van der Waals surface area contributed by atoms with Gasteiger partial charge in [0.05, 0.1) is 12.7 Å². The van der Waals surface area contributed by atoms with Crippen LogP contribution in [0, 0.1) is 0 Å². The van der Waals surface area contributed by atoms with Crippen molar-refractivity contribution in [3.8, 4) is 0 Å². The first-order valence-corrected chi connectivity index (χ1v) is 26.9. The van der Waals surface area contributed by atoms with Crippen LogP contribution in [-0.4, -0.2) is 114 Å². The zero-order valence-electron chi connectivity index (χ0n) is 39.9. The van der Waals surface area contributed by atoms with Gasteiger partial charge in [-0.25, -0.2) is 9.13 Å². The summed E-state index contributed by atoms with van der Waals surface area (Å²) >= 11 is 0. The molecule has 8 N–H and O–H groups in total. The molecule has 0 saturated heterocycles. The summed E-state index contributed by atoms with van der Waals surface area (Å²) in [5, 5.41) is 51.4. The van der Waals surface area contributed by atoms with Crippen LogP contribution in [0.2, 0.25) is 0 Å². The average molecular weight is 1000 g/mol. The van der Waals surface area contributed by atoms with Gasteiger partial charge in [-0.15, -0.1) is 0 Å². The van der Waals surface area contributed by atoms with Gasteiger partial charge < -0.3 is 49.7 Å². The molecule has 0 bridgehead atoms. The highest BCUT2D eigenvalue weighted by atomic mass is 31.2. The Morgan fingerprint density at radius 1 is 0.559 bits per heavy atom. The normalized spacial score (nSPS) is 22.6. The number of hydrogen-bond donors (Lipinski definition) is 8. The van der Waals surface area contributed by atoms with E-state index in [-0.39, 0.29) is 12.8 Å². The van der Waals surface area contributed by atoms with Crippen molar-refractivity contribution < 1.29 is 82.0 Å². The molecule has 68 heavy (non-hydrogen) atoms. The van der Waals surface area contributed by atoms with Gasteiger partial charge >= 0.3 is 27.6 Å². The Labute approximate surface area is 403 Å². The average Bonchev–Trinajstić information content (AvgIpc) is 3.29. The minimum absolute atomic E-state index is 0.0287. The zero-order valence-corrected chi connectivity index (χ0v) is 41.6. The molecule has 0 heterocycles. The highest BCUT2D eigenvalue weighted by Crippen LogP contribution is 2.49. The largest absolute Gasteiger partial charge is 0.472 e. The fourth-order valence-corrected chi connectivity index (χ4v) is 8.08. The van der Waals surface area contributed by atoms with Crippen molar-refractivity contribution in [3.63, 3.8) is 0 Å². The van der Waals surface area contributed by atoms with Crippen molar-refractivity contribution in [2.75, 3.05) is 13.2 Å². The van der Waals surface area contributed by atoms with Crippen molar-refractivity contribution >= 4 is 27.6 Å². The summed E-state index contributed by atoms with van der Waals surface area (Å²) in [6.07, 6.45) is 31.0. The number of aliphatic hydroxyl groups is 5. The highest BCUT2D eigenvalue weighted by Gasteiger charge is 2.54. The molecule has 388 valence electrons. The maximum Gasteiger partial charge on any atom is 0.472 e. The van der Waals surface area contributed by atoms with E-state index in [1.165, 1.54) is 19.3 Å². The van der Waals surface area contributed by atoms with E-state index in [1.807, 2.05) is 42.5 Å². The van der Waals surface area contributed by atoms with Crippen LogP contribution < -0.4 is 0 Å². The van der Waals surface area contributed by atoms with E-state index in [4.69, 9.17) is 18.5 Å². The van der Waals surface area contributed by atoms with Crippen molar-refractivity contribution in [2.24, 2.45) is 0 Å². The number of rotatable bonds is 38. The molecule has 0 aliphatic heterocycles. The number of unbranched alkanes of at least 4 members (excludes halogenated alkanes) is 7. The maximum atomic E-state index is 13.0. The molecule has 1 aliphatic carbocycles. The smallest absolute Gasteiger partial charge is 0.462 e. The topological polar surface area (TPSA) is 276 Å². The predicted molar refractivity (Wildman–Crippen MR) is 261 cm³/mol. The van der Waals surface area contributed by atoms with Crippen LogP contribution >= 0.6 is 15.6 Å². The molecule has 1 rings (SSSR count). The van der Waals surface area contributed by atoms with Crippen LogP contribution in [0.4, 0.5) is 0 Å². The number of esters is 2. The second kappa shape index (κ2) is 38.6. The third kappa shape index (κ3) is 32.6. The van der Waals surface area contributed by atoms with E-state index in [2.05, 4.69) is 67.0 Å². The quantitative estimate of drug-likeness (QED) is 0.00953. The third-order valence-corrected chi connectivity index (χ3v) is 11.8. The van der Waals surface area contributed by atoms with Gasteiger partial charge in [-0.1, -0.05) is 150 Å². The van der Waals surface area contributed by atoms with Gasteiger partial charge in [0.15, 0.2) is 6.10 Å². The standard InChI is InChI=1S/C49H80O17P2/c1-3-5-7-9-11-12-13-14-15-16-17-18-19-20-21-22-24-28-32-36-42(51)62-38-41(64-43(52)37-33-29-25-27-31-35-40(50)34-30-26-23-10-8-6-4-2)39-63-68(60,61)66-49-46(55)44(53)45(54)48(47(49)56)65-67(57,58)59/h6,8,11-12,14-15,17-18,20-21,23-24,26,28,30,34,40-41,44-50,53-56H,3-5,7,9-10,13,16,19,22,25,27,29,31-33,35-39H2,1-2H3,(H,60,61)(H2,57,58,59)/b8-6+,12-11-,15-14-,18-17-,21-20-,26-23+,28-24-,34-30+/t40?,41-,44?,45?,46?,47?,48-,49+/m1/s1. The van der Waals surface area contributed by atoms with Gasteiger partial charge in [0, 0.05) is 12.8 Å². The lowest BCUT2D eigenvalue weighted by Crippen LogP contribution is -2.64. The molecule has 17 nitrogen and oxygen atoms in total. The second-order valence-electron chi connectivity index (χ2n) is 16.3. The molecular weight excluding hydrogens is 922 g/mol. The number of phosphoric ester groups is 2. The van der Waals surface area contributed by atoms with Gasteiger partial charge in [-0.05, 0) is 70.6 Å². The minimum atomic E-state index is -5.39.